The van der Waals surface area contributed by atoms with E-state index in [0.717, 1.165) is 0 Å². The first-order valence-electron chi connectivity index (χ1n) is 1.52. The summed E-state index contributed by atoms with van der Waals surface area (Å²) in [6.07, 6.45) is 0. The molecule has 1 aliphatic rings. The predicted octanol–water partition coefficient (Wildman–Crippen LogP) is 2.98. The zero-order valence-electron chi connectivity index (χ0n) is 3.13. The monoisotopic (exact) mass is 132 g/mol. The summed E-state index contributed by atoms with van der Waals surface area (Å²) in [5, 5.41) is 1.28. The average molecular weight is 132 g/mol. The molecule has 0 aromatic heterocycles. The van der Waals surface area contributed by atoms with E-state index < -0.39 is 0 Å². The summed E-state index contributed by atoms with van der Waals surface area (Å²) in [7, 11) is 4.30. The second-order valence-electron chi connectivity index (χ2n) is 0.925. The van der Waals surface area contributed by atoms with Crippen LogP contribution in [-0.2, 0) is 0 Å². The Hall–Kier alpha value is 0.510. The van der Waals surface area contributed by atoms with Gasteiger partial charge in [-0.3, -0.25) is 0 Å². The first kappa shape index (κ1) is 4.66. The molecule has 0 aromatic rings. The van der Waals surface area contributed by atoms with E-state index in [4.69, 9.17) is 0 Å². The van der Waals surface area contributed by atoms with Gasteiger partial charge in [0.25, 0.3) is 0 Å². The van der Waals surface area contributed by atoms with E-state index in [-0.39, 0.29) is 0 Å². The molecule has 6 heavy (non-hydrogen) atoms. The van der Waals surface area contributed by atoms with Crippen LogP contribution < -0.4 is 0 Å². The van der Waals surface area contributed by atoms with Crippen LogP contribution in [0.4, 0.5) is 0 Å². The molecule has 30 valence electrons. The molecule has 1 rings (SSSR count). The van der Waals surface area contributed by atoms with Crippen molar-refractivity contribution in [3.8, 4) is 0 Å². The van der Waals surface area contributed by atoms with Crippen LogP contribution in [0.3, 0.4) is 0 Å². The van der Waals surface area contributed by atoms with Gasteiger partial charge in [-0.15, -0.1) is 0 Å². The standard InChI is InChI=1S/C3H3P3/c1-3-2-4-6-5-3/h2H,1H2. The van der Waals surface area contributed by atoms with Crippen LogP contribution in [-0.4, -0.2) is 5.80 Å². The van der Waals surface area contributed by atoms with Gasteiger partial charge in [0.2, 0.25) is 0 Å². The maximum absolute atomic E-state index is 3.77. The topological polar surface area (TPSA) is 0 Å². The average Bonchev–Trinajstić information content (AvgIpc) is 1.86. The van der Waals surface area contributed by atoms with E-state index in [1.807, 2.05) is 0 Å². The van der Waals surface area contributed by atoms with Crippen LogP contribution in [0.25, 0.3) is 0 Å². The predicted molar refractivity (Wildman–Crippen MR) is 36.0 cm³/mol. The van der Waals surface area contributed by atoms with Gasteiger partial charge in [-0.2, -0.15) is 0 Å². The fraction of sp³-hybridized carbons (Fsp3) is 0. The van der Waals surface area contributed by atoms with Crippen LogP contribution in [0.1, 0.15) is 0 Å². The Morgan fingerprint density at radius 1 is 1.67 bits per heavy atom. The minimum atomic E-state index is 1.28. The molecule has 0 atom stereocenters. The molecule has 1 aliphatic heterocycles. The minimum Gasteiger partial charge on any atom is -0.0864 e. The number of rotatable bonds is 0. The summed E-state index contributed by atoms with van der Waals surface area (Å²) >= 11 is 0. The van der Waals surface area contributed by atoms with Crippen molar-refractivity contribution in [3.63, 3.8) is 0 Å². The van der Waals surface area contributed by atoms with E-state index in [2.05, 4.69) is 12.4 Å². The van der Waals surface area contributed by atoms with Gasteiger partial charge in [0.15, 0.2) is 0 Å². The zero-order chi connectivity index (χ0) is 4.41. The quantitative estimate of drug-likeness (QED) is 0.444. The Kier molecular flexibility index (Phi) is 1.54. The van der Waals surface area contributed by atoms with Crippen molar-refractivity contribution < 1.29 is 0 Å². The van der Waals surface area contributed by atoms with Crippen LogP contribution in [0.5, 0.6) is 0 Å². The Morgan fingerprint density at radius 3 is 2.67 bits per heavy atom. The van der Waals surface area contributed by atoms with E-state index in [9.17, 15) is 0 Å². The molecule has 0 aliphatic carbocycles. The Morgan fingerprint density at radius 2 is 2.50 bits per heavy atom. The summed E-state index contributed by atoms with van der Waals surface area (Å²) in [5.41, 5.74) is 0. The molecule has 0 N–H and O–H groups in total. The van der Waals surface area contributed by atoms with Gasteiger partial charge in [-0.25, -0.2) is 0 Å². The molecule has 0 unspecified atom stereocenters. The molecular formula is C3H3P3. The highest BCUT2D eigenvalue weighted by molar-refractivity contribution is 8.27. The highest BCUT2D eigenvalue weighted by Gasteiger charge is 1.84. The summed E-state index contributed by atoms with van der Waals surface area (Å²) in [4.78, 5) is 0. The number of hydrogen-bond acceptors (Lipinski definition) is 0. The highest BCUT2D eigenvalue weighted by Crippen LogP contribution is 2.40. The van der Waals surface area contributed by atoms with Crippen molar-refractivity contribution in [2.75, 3.05) is 0 Å². The van der Waals surface area contributed by atoms with Crippen molar-refractivity contribution in [2.45, 2.75) is 0 Å². The van der Waals surface area contributed by atoms with Crippen LogP contribution in [0, 0.1) is 0 Å². The van der Waals surface area contributed by atoms with Crippen LogP contribution >= 0.6 is 23.3 Å². The lowest BCUT2D eigenvalue weighted by Crippen LogP contribution is -1.52. The van der Waals surface area contributed by atoms with Crippen molar-refractivity contribution >= 4 is 29.1 Å². The molecule has 3 heteroatoms. The largest absolute Gasteiger partial charge is 0.0864 e. The summed E-state index contributed by atoms with van der Waals surface area (Å²) in [6, 6.07) is 0. The van der Waals surface area contributed by atoms with Gasteiger partial charge in [0.05, 0.1) is 0 Å². The Bertz CT molecular complexity index is 108. The van der Waals surface area contributed by atoms with Crippen molar-refractivity contribution in [1.82, 2.24) is 0 Å². The first-order chi connectivity index (χ1) is 2.89. The molecule has 0 radical (unpaired) electrons. The third-order valence-electron chi connectivity index (χ3n) is 0.432. The lowest BCUT2D eigenvalue weighted by atomic mass is 10.8. The third-order valence-corrected chi connectivity index (χ3v) is 5.07. The smallest absolute Gasteiger partial charge is 0.00435 e. The molecule has 1 heterocycles. The molecule has 0 nitrogen and oxygen atoms in total. The van der Waals surface area contributed by atoms with Crippen molar-refractivity contribution in [1.29, 1.82) is 0 Å². The molecule has 0 aromatic carbocycles. The SMILES string of the molecule is C=C1C=PP=P1. The summed E-state index contributed by atoms with van der Waals surface area (Å²) in [5.74, 6) is 2.16. The lowest BCUT2D eigenvalue weighted by Gasteiger charge is -1.68. The van der Waals surface area contributed by atoms with Gasteiger partial charge in [0, 0.05) is 5.31 Å². The highest BCUT2D eigenvalue weighted by atomic mass is 32.2. The van der Waals surface area contributed by atoms with Gasteiger partial charge < -0.3 is 0 Å². The van der Waals surface area contributed by atoms with Crippen molar-refractivity contribution in [2.24, 2.45) is 0 Å². The molecule has 0 fully saturated rings. The summed E-state index contributed by atoms with van der Waals surface area (Å²) in [6.45, 7) is 3.77. The molecular weight excluding hydrogens is 129 g/mol. The van der Waals surface area contributed by atoms with E-state index >= 15 is 0 Å². The number of allylic oxidation sites excluding steroid dienone is 1. The van der Waals surface area contributed by atoms with Gasteiger partial charge in [0.1, 0.15) is 0 Å². The molecule has 0 saturated carbocycles. The molecule has 0 amide bonds. The van der Waals surface area contributed by atoms with E-state index in [0.29, 0.717) is 0 Å². The van der Waals surface area contributed by atoms with E-state index in [1.165, 1.54) is 28.6 Å². The van der Waals surface area contributed by atoms with Crippen LogP contribution in [0.15, 0.2) is 11.9 Å². The van der Waals surface area contributed by atoms with Crippen LogP contribution in [0.2, 0.25) is 0 Å². The third kappa shape index (κ3) is 0.985. The van der Waals surface area contributed by atoms with Gasteiger partial charge >= 0.3 is 0 Å². The Balaban J connectivity index is 2.86. The van der Waals surface area contributed by atoms with E-state index in [1.54, 1.807) is 0 Å². The zero-order valence-corrected chi connectivity index (χ0v) is 5.81. The normalized spacial score (nSPS) is 25.0. The fourth-order valence-electron chi connectivity index (χ4n) is 0.202. The van der Waals surface area contributed by atoms with Gasteiger partial charge in [-0.1, -0.05) is 6.58 Å². The van der Waals surface area contributed by atoms with Gasteiger partial charge in [-0.05, 0) is 29.1 Å². The Labute approximate surface area is 41.8 Å². The minimum absolute atomic E-state index is 1.28. The maximum atomic E-state index is 3.77. The maximum Gasteiger partial charge on any atom is 0.00435 e. The molecule has 0 bridgehead atoms. The lowest BCUT2D eigenvalue weighted by molar-refractivity contribution is 2.43. The molecule has 0 spiro atoms. The van der Waals surface area contributed by atoms with Crippen molar-refractivity contribution in [3.05, 3.63) is 11.9 Å². The second kappa shape index (κ2) is 1.99. The first-order valence-corrected chi connectivity index (χ1v) is 5.69. The second-order valence-corrected chi connectivity index (χ2v) is 5.81. The molecule has 0 saturated heterocycles. The summed E-state index contributed by atoms with van der Waals surface area (Å²) < 4.78 is 0. The number of hydrogen-bond donors (Lipinski definition) is 0. The fourth-order valence-corrected chi connectivity index (χ4v) is 4.71.